The van der Waals surface area contributed by atoms with E-state index in [-0.39, 0.29) is 0 Å². The first-order chi connectivity index (χ1) is 4.88. The predicted octanol–water partition coefficient (Wildman–Crippen LogP) is 0.814. The number of nitrogens with zero attached hydrogens (tertiary/aromatic N) is 1. The average molecular weight is 139 g/mol. The first-order valence-electron chi connectivity index (χ1n) is 4.15. The summed E-state index contributed by atoms with van der Waals surface area (Å²) in [7, 11) is 0. The number of hydrogen-bond donors (Lipinski definition) is 0. The van der Waals surface area contributed by atoms with Crippen LogP contribution in [0.1, 0.15) is 25.7 Å². The van der Waals surface area contributed by atoms with Crippen molar-refractivity contribution in [2.75, 3.05) is 13.1 Å². The molecular formula is C8H13NO. The highest BCUT2D eigenvalue weighted by Crippen LogP contribution is 2.23. The molecule has 0 amide bonds. The molecule has 2 aliphatic rings. The number of carbonyl (C=O) groups excluding carboxylic acids is 1. The summed E-state index contributed by atoms with van der Waals surface area (Å²) < 4.78 is 0. The standard InChI is InChI=1S/C8H13NO/c10-8-4-2-6-9-5-1-3-7(8)9/h7H,1-6H2/t7-/m0/s1. The summed E-state index contributed by atoms with van der Waals surface area (Å²) in [4.78, 5) is 13.6. The summed E-state index contributed by atoms with van der Waals surface area (Å²) in [5, 5.41) is 0. The quantitative estimate of drug-likeness (QED) is 0.495. The molecule has 0 aromatic heterocycles. The third-order valence-electron chi connectivity index (χ3n) is 2.60. The number of carbonyl (C=O) groups is 1. The fourth-order valence-electron chi connectivity index (χ4n) is 2.08. The number of fused-ring (bicyclic) bond motifs is 1. The maximum atomic E-state index is 11.2. The van der Waals surface area contributed by atoms with Crippen molar-refractivity contribution in [1.82, 2.24) is 4.90 Å². The van der Waals surface area contributed by atoms with Gasteiger partial charge in [-0.2, -0.15) is 0 Å². The highest BCUT2D eigenvalue weighted by atomic mass is 16.1. The van der Waals surface area contributed by atoms with Crippen molar-refractivity contribution >= 4 is 5.78 Å². The number of rotatable bonds is 0. The van der Waals surface area contributed by atoms with Crippen LogP contribution in [0.5, 0.6) is 0 Å². The summed E-state index contributed by atoms with van der Waals surface area (Å²) in [5.41, 5.74) is 0. The first-order valence-corrected chi connectivity index (χ1v) is 4.15. The van der Waals surface area contributed by atoms with Crippen LogP contribution in [0, 0.1) is 0 Å². The third-order valence-corrected chi connectivity index (χ3v) is 2.60. The van der Waals surface area contributed by atoms with Crippen molar-refractivity contribution in [1.29, 1.82) is 0 Å². The zero-order valence-corrected chi connectivity index (χ0v) is 6.18. The number of hydrogen-bond acceptors (Lipinski definition) is 2. The van der Waals surface area contributed by atoms with E-state index in [0.717, 1.165) is 32.4 Å². The minimum absolute atomic E-state index is 0.328. The van der Waals surface area contributed by atoms with Gasteiger partial charge < -0.3 is 0 Å². The van der Waals surface area contributed by atoms with Crippen LogP contribution in [-0.2, 0) is 4.79 Å². The minimum Gasteiger partial charge on any atom is -0.298 e. The molecule has 2 rings (SSSR count). The average Bonchev–Trinajstić information content (AvgIpc) is 2.36. The molecular weight excluding hydrogens is 126 g/mol. The molecule has 0 aromatic carbocycles. The lowest BCUT2D eigenvalue weighted by Gasteiger charge is -2.27. The Balaban J connectivity index is 2.10. The van der Waals surface area contributed by atoms with Crippen molar-refractivity contribution in [2.45, 2.75) is 31.7 Å². The van der Waals surface area contributed by atoms with Crippen LogP contribution in [0.3, 0.4) is 0 Å². The van der Waals surface area contributed by atoms with Gasteiger partial charge in [0.2, 0.25) is 0 Å². The molecule has 0 N–H and O–H groups in total. The number of ketones is 1. The van der Waals surface area contributed by atoms with Crippen LogP contribution < -0.4 is 0 Å². The predicted molar refractivity (Wildman–Crippen MR) is 38.8 cm³/mol. The van der Waals surface area contributed by atoms with Gasteiger partial charge in [-0.25, -0.2) is 0 Å². The Morgan fingerprint density at radius 2 is 2.10 bits per heavy atom. The molecule has 0 aromatic rings. The van der Waals surface area contributed by atoms with Crippen molar-refractivity contribution in [2.24, 2.45) is 0 Å². The first kappa shape index (κ1) is 6.35. The highest BCUT2D eigenvalue weighted by molar-refractivity contribution is 5.84. The molecule has 2 fully saturated rings. The summed E-state index contributed by atoms with van der Waals surface area (Å²) in [5.74, 6) is 0.490. The number of Topliss-reactive ketones (excluding diaryl/α,β-unsaturated/α-hetero) is 1. The van der Waals surface area contributed by atoms with E-state index in [1.807, 2.05) is 0 Å². The lowest BCUT2D eigenvalue weighted by molar-refractivity contribution is -0.125. The Morgan fingerprint density at radius 1 is 1.30 bits per heavy atom. The van der Waals surface area contributed by atoms with Gasteiger partial charge in [-0.1, -0.05) is 0 Å². The minimum atomic E-state index is 0.328. The van der Waals surface area contributed by atoms with E-state index >= 15 is 0 Å². The Kier molecular flexibility index (Phi) is 1.49. The smallest absolute Gasteiger partial charge is 0.150 e. The maximum Gasteiger partial charge on any atom is 0.150 e. The van der Waals surface area contributed by atoms with Gasteiger partial charge >= 0.3 is 0 Å². The van der Waals surface area contributed by atoms with Crippen LogP contribution in [0.4, 0.5) is 0 Å². The zero-order chi connectivity index (χ0) is 6.97. The molecule has 0 spiro atoms. The molecule has 0 aliphatic carbocycles. The Bertz CT molecular complexity index is 155. The van der Waals surface area contributed by atoms with Gasteiger partial charge in [0.1, 0.15) is 5.78 Å². The van der Waals surface area contributed by atoms with Gasteiger partial charge in [-0.3, -0.25) is 9.69 Å². The molecule has 0 radical (unpaired) electrons. The second-order valence-electron chi connectivity index (χ2n) is 3.26. The van der Waals surface area contributed by atoms with Gasteiger partial charge in [0, 0.05) is 6.42 Å². The summed E-state index contributed by atoms with van der Waals surface area (Å²) >= 11 is 0. The largest absolute Gasteiger partial charge is 0.298 e. The van der Waals surface area contributed by atoms with Crippen LogP contribution in [0.2, 0.25) is 0 Å². The lowest BCUT2D eigenvalue weighted by atomic mass is 10.0. The van der Waals surface area contributed by atoms with Gasteiger partial charge in [0.15, 0.2) is 0 Å². The van der Waals surface area contributed by atoms with Crippen molar-refractivity contribution in [3.63, 3.8) is 0 Å². The van der Waals surface area contributed by atoms with E-state index in [9.17, 15) is 4.79 Å². The summed E-state index contributed by atoms with van der Waals surface area (Å²) in [6, 6.07) is 0.328. The molecule has 2 saturated heterocycles. The summed E-state index contributed by atoms with van der Waals surface area (Å²) in [6.07, 6.45) is 4.28. The molecule has 56 valence electrons. The van der Waals surface area contributed by atoms with Gasteiger partial charge in [0.05, 0.1) is 6.04 Å². The van der Waals surface area contributed by atoms with E-state index < -0.39 is 0 Å². The topological polar surface area (TPSA) is 20.3 Å². The highest BCUT2D eigenvalue weighted by Gasteiger charge is 2.32. The molecule has 0 bridgehead atoms. The Labute approximate surface area is 61.2 Å². The third kappa shape index (κ3) is 0.870. The van der Waals surface area contributed by atoms with Gasteiger partial charge in [-0.05, 0) is 32.4 Å². The van der Waals surface area contributed by atoms with Crippen LogP contribution in [-0.4, -0.2) is 29.8 Å². The van der Waals surface area contributed by atoms with Crippen molar-refractivity contribution in [3.05, 3.63) is 0 Å². The Morgan fingerprint density at radius 3 is 2.90 bits per heavy atom. The molecule has 2 nitrogen and oxygen atoms in total. The molecule has 10 heavy (non-hydrogen) atoms. The van der Waals surface area contributed by atoms with Crippen LogP contribution in [0.15, 0.2) is 0 Å². The molecule has 2 heteroatoms. The van der Waals surface area contributed by atoms with E-state index in [4.69, 9.17) is 0 Å². The summed E-state index contributed by atoms with van der Waals surface area (Å²) in [6.45, 7) is 2.33. The van der Waals surface area contributed by atoms with Gasteiger partial charge in [0.25, 0.3) is 0 Å². The van der Waals surface area contributed by atoms with E-state index in [1.165, 1.54) is 6.42 Å². The second-order valence-corrected chi connectivity index (χ2v) is 3.26. The molecule has 0 unspecified atom stereocenters. The van der Waals surface area contributed by atoms with Crippen molar-refractivity contribution < 1.29 is 4.79 Å². The SMILES string of the molecule is O=C1CCCN2CCC[C@@H]12. The zero-order valence-electron chi connectivity index (χ0n) is 6.18. The van der Waals surface area contributed by atoms with Crippen LogP contribution >= 0.6 is 0 Å². The monoisotopic (exact) mass is 139 g/mol. The van der Waals surface area contributed by atoms with Gasteiger partial charge in [-0.15, -0.1) is 0 Å². The Hall–Kier alpha value is -0.370. The second kappa shape index (κ2) is 2.35. The van der Waals surface area contributed by atoms with E-state index in [2.05, 4.69) is 4.90 Å². The maximum absolute atomic E-state index is 11.2. The van der Waals surface area contributed by atoms with E-state index in [1.54, 1.807) is 0 Å². The molecule has 2 aliphatic heterocycles. The van der Waals surface area contributed by atoms with Crippen molar-refractivity contribution in [3.8, 4) is 0 Å². The normalized spacial score (nSPS) is 34.4. The number of piperidine rings is 1. The molecule has 0 saturated carbocycles. The van der Waals surface area contributed by atoms with Crippen LogP contribution in [0.25, 0.3) is 0 Å². The fraction of sp³-hybridized carbons (Fsp3) is 0.875. The molecule has 2 heterocycles. The fourth-order valence-corrected chi connectivity index (χ4v) is 2.08. The lowest BCUT2D eigenvalue weighted by Crippen LogP contribution is -2.40. The van der Waals surface area contributed by atoms with E-state index in [0.29, 0.717) is 11.8 Å². The molecule has 1 atom stereocenters.